The molecule has 2 aromatic carbocycles. The van der Waals surface area contributed by atoms with Crippen LogP contribution in [-0.2, 0) is 20.7 Å². The van der Waals surface area contributed by atoms with E-state index in [1.54, 1.807) is 18.1 Å². The van der Waals surface area contributed by atoms with Crippen LogP contribution in [0.15, 0.2) is 42.5 Å². The molecule has 2 amide bonds. The van der Waals surface area contributed by atoms with Crippen LogP contribution in [0.25, 0.3) is 0 Å². The minimum atomic E-state index is -5.10. The number of para-hydroxylation sites is 2. The second-order valence-electron chi connectivity index (χ2n) is 8.98. The van der Waals surface area contributed by atoms with Gasteiger partial charge in [-0.05, 0) is 48.4 Å². The summed E-state index contributed by atoms with van der Waals surface area (Å²) < 4.78 is 48.1. The van der Waals surface area contributed by atoms with Crippen molar-refractivity contribution < 1.29 is 37.0 Å². The molecule has 2 N–H and O–H groups in total. The minimum absolute atomic E-state index is 0.0270. The van der Waals surface area contributed by atoms with Gasteiger partial charge in [-0.25, -0.2) is 4.79 Å². The maximum absolute atomic E-state index is 12.7. The van der Waals surface area contributed by atoms with E-state index in [2.05, 4.69) is 20.3 Å². The molecular formula is C26H29F3N4O5. The number of piperazine rings is 1. The summed E-state index contributed by atoms with van der Waals surface area (Å²) in [7, 11) is 1.61. The lowest BCUT2D eigenvalue weighted by Gasteiger charge is -2.36. The zero-order valence-corrected chi connectivity index (χ0v) is 20.8. The predicted molar refractivity (Wildman–Crippen MR) is 132 cm³/mol. The SMILES string of the molecule is COc1ccccc1N1CCN(C(=O)CNC(=O)c2ccc3c(c2)CCNCC3OC(=O)C(F)(F)F)CC1. The number of rotatable bonds is 6. The number of anilines is 1. The molecule has 204 valence electrons. The molecule has 2 heterocycles. The molecule has 2 aromatic rings. The lowest BCUT2D eigenvalue weighted by molar-refractivity contribution is -0.205. The monoisotopic (exact) mass is 534 g/mol. The maximum atomic E-state index is 12.7. The van der Waals surface area contributed by atoms with Crippen LogP contribution in [0.2, 0.25) is 0 Å². The van der Waals surface area contributed by atoms with Crippen molar-refractivity contribution in [2.45, 2.75) is 18.7 Å². The molecule has 1 fully saturated rings. The molecule has 0 saturated carbocycles. The van der Waals surface area contributed by atoms with E-state index in [-0.39, 0.29) is 24.6 Å². The molecule has 12 heteroatoms. The number of hydrogen-bond acceptors (Lipinski definition) is 7. The normalized spacial score (nSPS) is 17.7. The van der Waals surface area contributed by atoms with Crippen molar-refractivity contribution in [3.05, 3.63) is 59.2 Å². The number of carbonyl (C=O) groups excluding carboxylic acids is 3. The number of carbonyl (C=O) groups is 3. The number of alkyl halides is 3. The molecule has 9 nitrogen and oxygen atoms in total. The predicted octanol–water partition coefficient (Wildman–Crippen LogP) is 2.07. The Balaban J connectivity index is 1.32. The van der Waals surface area contributed by atoms with Crippen molar-refractivity contribution in [1.82, 2.24) is 15.5 Å². The van der Waals surface area contributed by atoms with Crippen LogP contribution in [-0.4, -0.2) is 81.8 Å². The third-order valence-corrected chi connectivity index (χ3v) is 6.59. The second kappa shape index (κ2) is 11.7. The van der Waals surface area contributed by atoms with Gasteiger partial charge in [-0.2, -0.15) is 13.2 Å². The van der Waals surface area contributed by atoms with Crippen LogP contribution < -0.4 is 20.3 Å². The Morgan fingerprint density at radius 3 is 2.53 bits per heavy atom. The van der Waals surface area contributed by atoms with Crippen molar-refractivity contribution >= 4 is 23.5 Å². The number of benzene rings is 2. The molecule has 1 unspecified atom stereocenters. The Morgan fingerprint density at radius 2 is 1.82 bits per heavy atom. The topological polar surface area (TPSA) is 100 Å². The van der Waals surface area contributed by atoms with Crippen LogP contribution in [0.1, 0.15) is 27.6 Å². The van der Waals surface area contributed by atoms with Gasteiger partial charge >= 0.3 is 12.1 Å². The summed E-state index contributed by atoms with van der Waals surface area (Å²) in [4.78, 5) is 40.7. The molecule has 0 aromatic heterocycles. The average Bonchev–Trinajstić information content (AvgIpc) is 3.12. The van der Waals surface area contributed by atoms with Crippen molar-refractivity contribution in [3.8, 4) is 5.75 Å². The Kier molecular flexibility index (Phi) is 8.40. The van der Waals surface area contributed by atoms with Crippen LogP contribution in [0.4, 0.5) is 18.9 Å². The van der Waals surface area contributed by atoms with Crippen molar-refractivity contribution in [1.29, 1.82) is 0 Å². The number of methoxy groups -OCH3 is 1. The molecule has 4 rings (SSSR count). The van der Waals surface area contributed by atoms with Crippen LogP contribution in [0, 0.1) is 0 Å². The van der Waals surface area contributed by atoms with Gasteiger partial charge in [0.2, 0.25) is 5.91 Å². The summed E-state index contributed by atoms with van der Waals surface area (Å²) in [6.45, 7) is 2.53. The Bertz CT molecular complexity index is 1180. The number of nitrogens with zero attached hydrogens (tertiary/aromatic N) is 2. The lowest BCUT2D eigenvalue weighted by atomic mass is 9.98. The fraction of sp³-hybridized carbons (Fsp3) is 0.423. The Morgan fingerprint density at radius 1 is 1.08 bits per heavy atom. The van der Waals surface area contributed by atoms with E-state index in [1.165, 1.54) is 12.1 Å². The highest BCUT2D eigenvalue weighted by Crippen LogP contribution is 2.29. The van der Waals surface area contributed by atoms with Crippen LogP contribution in [0.5, 0.6) is 5.75 Å². The highest BCUT2D eigenvalue weighted by Gasteiger charge is 2.42. The van der Waals surface area contributed by atoms with E-state index in [0.717, 1.165) is 11.4 Å². The summed E-state index contributed by atoms with van der Waals surface area (Å²) in [5, 5.41) is 5.57. The van der Waals surface area contributed by atoms with Gasteiger partial charge in [0.15, 0.2) is 0 Å². The van der Waals surface area contributed by atoms with Gasteiger partial charge in [-0.1, -0.05) is 18.2 Å². The molecule has 0 radical (unpaired) electrons. The van der Waals surface area contributed by atoms with E-state index < -0.39 is 24.2 Å². The molecule has 38 heavy (non-hydrogen) atoms. The lowest BCUT2D eigenvalue weighted by Crippen LogP contribution is -2.51. The minimum Gasteiger partial charge on any atom is -0.495 e. The molecule has 2 aliphatic heterocycles. The third kappa shape index (κ3) is 6.36. The first-order chi connectivity index (χ1) is 18.2. The molecule has 0 bridgehead atoms. The first-order valence-corrected chi connectivity index (χ1v) is 12.2. The number of ether oxygens (including phenoxy) is 2. The number of nitrogens with one attached hydrogen (secondary N) is 2. The van der Waals surface area contributed by atoms with Gasteiger partial charge in [-0.15, -0.1) is 0 Å². The van der Waals surface area contributed by atoms with Gasteiger partial charge in [0.05, 0.1) is 19.3 Å². The van der Waals surface area contributed by atoms with Gasteiger partial charge < -0.3 is 29.9 Å². The largest absolute Gasteiger partial charge is 0.495 e. The summed E-state index contributed by atoms with van der Waals surface area (Å²) in [5.41, 5.74) is 2.24. The van der Waals surface area contributed by atoms with E-state index in [9.17, 15) is 27.6 Å². The highest BCUT2D eigenvalue weighted by atomic mass is 19.4. The first-order valence-electron chi connectivity index (χ1n) is 12.2. The smallest absolute Gasteiger partial charge is 0.490 e. The summed E-state index contributed by atoms with van der Waals surface area (Å²) >= 11 is 0. The number of fused-ring (bicyclic) bond motifs is 1. The van der Waals surface area contributed by atoms with Crippen LogP contribution >= 0.6 is 0 Å². The highest BCUT2D eigenvalue weighted by molar-refractivity contribution is 5.96. The fourth-order valence-electron chi connectivity index (χ4n) is 4.60. The molecular weight excluding hydrogens is 505 g/mol. The number of hydrogen-bond donors (Lipinski definition) is 2. The summed E-state index contributed by atoms with van der Waals surface area (Å²) in [5.74, 6) is -2.19. The average molecular weight is 535 g/mol. The van der Waals surface area contributed by atoms with Crippen molar-refractivity contribution in [2.24, 2.45) is 0 Å². The Labute approximate surface area is 217 Å². The van der Waals surface area contributed by atoms with Gasteiger partial charge in [0, 0.05) is 38.3 Å². The zero-order chi connectivity index (χ0) is 27.3. The molecule has 2 aliphatic rings. The van der Waals surface area contributed by atoms with E-state index in [1.807, 2.05) is 24.3 Å². The molecule has 1 atom stereocenters. The molecule has 1 saturated heterocycles. The Hall–Kier alpha value is -3.80. The van der Waals surface area contributed by atoms with Gasteiger partial charge in [0.1, 0.15) is 11.9 Å². The number of esters is 1. The fourth-order valence-corrected chi connectivity index (χ4v) is 4.60. The number of halogens is 3. The second-order valence-corrected chi connectivity index (χ2v) is 8.98. The van der Waals surface area contributed by atoms with Gasteiger partial charge in [-0.3, -0.25) is 9.59 Å². The molecule has 0 aliphatic carbocycles. The van der Waals surface area contributed by atoms with Gasteiger partial charge in [0.25, 0.3) is 5.91 Å². The number of amides is 2. The maximum Gasteiger partial charge on any atom is 0.490 e. The van der Waals surface area contributed by atoms with E-state index >= 15 is 0 Å². The standard InChI is InChI=1S/C26H29F3N4O5/c1-37-21-5-3-2-4-20(21)32-10-12-33(13-11-32)23(34)16-31-24(35)18-6-7-19-17(14-18)8-9-30-15-22(19)38-25(36)26(27,28)29/h2-7,14,22,30H,8-13,15-16H2,1H3,(H,31,35). The first kappa shape index (κ1) is 27.2. The molecule has 0 spiro atoms. The quantitative estimate of drug-likeness (QED) is 0.548. The van der Waals surface area contributed by atoms with E-state index in [0.29, 0.717) is 50.3 Å². The van der Waals surface area contributed by atoms with E-state index in [4.69, 9.17) is 4.74 Å². The van der Waals surface area contributed by atoms with Crippen LogP contribution in [0.3, 0.4) is 0 Å². The summed E-state index contributed by atoms with van der Waals surface area (Å²) in [6.07, 6.45) is -5.79. The zero-order valence-electron chi connectivity index (χ0n) is 20.8. The summed E-state index contributed by atoms with van der Waals surface area (Å²) in [6, 6.07) is 12.2. The van der Waals surface area contributed by atoms with Crippen molar-refractivity contribution in [3.63, 3.8) is 0 Å². The van der Waals surface area contributed by atoms with Crippen molar-refractivity contribution in [2.75, 3.05) is 57.8 Å². The third-order valence-electron chi connectivity index (χ3n) is 6.59.